The summed E-state index contributed by atoms with van der Waals surface area (Å²) in [5.41, 5.74) is 7.69. The Kier molecular flexibility index (Phi) is 3.19. The second kappa shape index (κ2) is 4.61. The van der Waals surface area contributed by atoms with Crippen LogP contribution in [0, 0.1) is 12.8 Å². The van der Waals surface area contributed by atoms with Gasteiger partial charge in [-0.15, -0.1) is 0 Å². The van der Waals surface area contributed by atoms with Crippen molar-refractivity contribution in [1.29, 1.82) is 0 Å². The normalized spacial score (nSPS) is 16.9. The van der Waals surface area contributed by atoms with Gasteiger partial charge >= 0.3 is 0 Å². The first kappa shape index (κ1) is 11.1. The van der Waals surface area contributed by atoms with Gasteiger partial charge in [-0.1, -0.05) is 0 Å². The van der Waals surface area contributed by atoms with Crippen LogP contribution < -0.4 is 11.1 Å². The summed E-state index contributed by atoms with van der Waals surface area (Å²) in [6, 6.07) is 1.82. The van der Waals surface area contributed by atoms with Gasteiger partial charge in [0.25, 0.3) is 0 Å². The van der Waals surface area contributed by atoms with Gasteiger partial charge in [0.15, 0.2) is 0 Å². The molecule has 4 nitrogen and oxygen atoms in total. The van der Waals surface area contributed by atoms with Gasteiger partial charge in [0.2, 0.25) is 5.91 Å². The Morgan fingerprint density at radius 1 is 1.69 bits per heavy atom. The van der Waals surface area contributed by atoms with E-state index in [0.717, 1.165) is 11.3 Å². The van der Waals surface area contributed by atoms with Crippen LogP contribution in [0.5, 0.6) is 0 Å². The van der Waals surface area contributed by atoms with Crippen molar-refractivity contribution >= 4 is 11.6 Å². The number of rotatable bonds is 4. The maximum Gasteiger partial charge on any atom is 0.225 e. The fraction of sp³-hybridized carbons (Fsp3) is 0.500. The number of aryl methyl sites for hydroxylation is 1. The van der Waals surface area contributed by atoms with Crippen LogP contribution in [0.15, 0.2) is 18.5 Å². The zero-order chi connectivity index (χ0) is 11.5. The van der Waals surface area contributed by atoms with Crippen molar-refractivity contribution in [3.63, 3.8) is 0 Å². The Morgan fingerprint density at radius 3 is 3.06 bits per heavy atom. The third-order valence-corrected chi connectivity index (χ3v) is 2.94. The zero-order valence-electron chi connectivity index (χ0n) is 9.44. The number of hydrogen-bond acceptors (Lipinski definition) is 3. The summed E-state index contributed by atoms with van der Waals surface area (Å²) < 4.78 is 0. The minimum absolute atomic E-state index is 0.00583. The van der Waals surface area contributed by atoms with E-state index in [-0.39, 0.29) is 11.9 Å². The lowest BCUT2D eigenvalue weighted by molar-refractivity contribution is -0.116. The lowest BCUT2D eigenvalue weighted by Crippen LogP contribution is -2.29. The van der Waals surface area contributed by atoms with E-state index in [1.165, 1.54) is 12.8 Å². The van der Waals surface area contributed by atoms with E-state index in [9.17, 15) is 4.79 Å². The Morgan fingerprint density at radius 2 is 2.44 bits per heavy atom. The molecule has 3 N–H and O–H groups in total. The maximum absolute atomic E-state index is 11.7. The topological polar surface area (TPSA) is 68.0 Å². The first-order valence-electron chi connectivity index (χ1n) is 5.63. The highest BCUT2D eigenvalue weighted by molar-refractivity contribution is 5.91. The largest absolute Gasteiger partial charge is 0.327 e. The fourth-order valence-corrected chi connectivity index (χ4v) is 1.72. The molecule has 1 saturated carbocycles. The molecule has 1 amide bonds. The zero-order valence-corrected chi connectivity index (χ0v) is 9.44. The van der Waals surface area contributed by atoms with Gasteiger partial charge in [-0.2, -0.15) is 0 Å². The molecule has 0 aromatic carbocycles. The molecule has 86 valence electrons. The molecule has 2 rings (SSSR count). The number of hydrogen-bond donors (Lipinski definition) is 2. The third kappa shape index (κ3) is 2.79. The highest BCUT2D eigenvalue weighted by Gasteiger charge is 2.29. The number of carbonyl (C=O) groups excluding carboxylic acids is 1. The molecule has 1 heterocycles. The summed E-state index contributed by atoms with van der Waals surface area (Å²) in [5, 5.41) is 2.86. The van der Waals surface area contributed by atoms with Crippen molar-refractivity contribution in [3.8, 4) is 0 Å². The minimum Gasteiger partial charge on any atom is -0.327 e. The van der Waals surface area contributed by atoms with Crippen LogP contribution in [0.3, 0.4) is 0 Å². The van der Waals surface area contributed by atoms with Crippen molar-refractivity contribution in [1.82, 2.24) is 4.98 Å². The summed E-state index contributed by atoms with van der Waals surface area (Å²) in [4.78, 5) is 15.7. The second-order valence-corrected chi connectivity index (χ2v) is 4.44. The number of pyridine rings is 1. The van der Waals surface area contributed by atoms with Gasteiger partial charge in [0.1, 0.15) is 0 Å². The van der Waals surface area contributed by atoms with Gasteiger partial charge < -0.3 is 11.1 Å². The average molecular weight is 219 g/mol. The third-order valence-electron chi connectivity index (χ3n) is 2.94. The number of nitrogens with two attached hydrogens (primary N) is 1. The van der Waals surface area contributed by atoms with E-state index in [2.05, 4.69) is 10.3 Å². The van der Waals surface area contributed by atoms with E-state index in [1.54, 1.807) is 18.5 Å². The molecule has 0 bridgehead atoms. The summed E-state index contributed by atoms with van der Waals surface area (Å²) in [6.45, 7) is 1.92. The molecular weight excluding hydrogens is 202 g/mol. The van der Waals surface area contributed by atoms with Crippen LogP contribution in [0.4, 0.5) is 5.69 Å². The molecule has 1 aliphatic rings. The summed E-state index contributed by atoms with van der Waals surface area (Å²) in [7, 11) is 0. The van der Waals surface area contributed by atoms with Crippen LogP contribution >= 0.6 is 0 Å². The molecule has 1 atom stereocenters. The van der Waals surface area contributed by atoms with Crippen LogP contribution in [-0.4, -0.2) is 16.9 Å². The summed E-state index contributed by atoms with van der Waals surface area (Å²) >= 11 is 0. The quantitative estimate of drug-likeness (QED) is 0.805. The molecule has 0 saturated heterocycles. The van der Waals surface area contributed by atoms with Crippen LogP contribution in [0.1, 0.15) is 24.8 Å². The van der Waals surface area contributed by atoms with Crippen LogP contribution in [0.2, 0.25) is 0 Å². The fourth-order valence-electron chi connectivity index (χ4n) is 1.72. The average Bonchev–Trinajstić information content (AvgIpc) is 3.04. The van der Waals surface area contributed by atoms with Crippen molar-refractivity contribution in [2.45, 2.75) is 32.2 Å². The lowest BCUT2D eigenvalue weighted by atomic mass is 10.1. The van der Waals surface area contributed by atoms with E-state index in [1.807, 2.05) is 6.92 Å². The predicted octanol–water partition coefficient (Wildman–Crippen LogP) is 1.46. The first-order valence-corrected chi connectivity index (χ1v) is 5.63. The van der Waals surface area contributed by atoms with E-state index >= 15 is 0 Å². The number of nitrogens with zero attached hydrogens (tertiary/aromatic N) is 1. The molecule has 0 aliphatic heterocycles. The van der Waals surface area contributed by atoms with Crippen molar-refractivity contribution in [2.24, 2.45) is 11.7 Å². The monoisotopic (exact) mass is 219 g/mol. The number of amides is 1. The first-order chi connectivity index (χ1) is 7.66. The lowest BCUT2D eigenvalue weighted by Gasteiger charge is -2.11. The smallest absolute Gasteiger partial charge is 0.225 e. The highest BCUT2D eigenvalue weighted by Crippen LogP contribution is 2.32. The Labute approximate surface area is 95.3 Å². The van der Waals surface area contributed by atoms with Gasteiger partial charge in [-0.25, -0.2) is 0 Å². The molecule has 1 aliphatic carbocycles. The van der Waals surface area contributed by atoms with E-state index in [0.29, 0.717) is 12.3 Å². The Balaban J connectivity index is 1.89. The Hall–Kier alpha value is -1.42. The predicted molar refractivity (Wildman–Crippen MR) is 62.9 cm³/mol. The Bertz CT molecular complexity index is 388. The molecule has 1 aromatic rings. The van der Waals surface area contributed by atoms with E-state index in [4.69, 9.17) is 5.73 Å². The number of anilines is 1. The summed E-state index contributed by atoms with van der Waals surface area (Å²) in [5.74, 6) is 0.554. The standard InChI is InChI=1S/C12H17N3O/c1-8-7-14-5-4-11(8)15-12(16)6-10(13)9-2-3-9/h4-5,7,9-10H,2-3,6,13H2,1H3,(H,14,15,16). The van der Waals surface area contributed by atoms with Gasteiger partial charge in [0.05, 0.1) is 0 Å². The molecule has 0 radical (unpaired) electrons. The van der Waals surface area contributed by atoms with Crippen molar-refractivity contribution < 1.29 is 4.79 Å². The SMILES string of the molecule is Cc1cnccc1NC(=O)CC(N)C1CC1. The summed E-state index contributed by atoms with van der Waals surface area (Å²) in [6.07, 6.45) is 6.15. The molecule has 4 heteroatoms. The second-order valence-electron chi connectivity index (χ2n) is 4.44. The molecule has 1 fully saturated rings. The van der Waals surface area contributed by atoms with Crippen molar-refractivity contribution in [2.75, 3.05) is 5.32 Å². The van der Waals surface area contributed by atoms with Gasteiger partial charge in [-0.3, -0.25) is 9.78 Å². The number of nitrogens with one attached hydrogen (secondary N) is 1. The highest BCUT2D eigenvalue weighted by atomic mass is 16.1. The molecule has 1 unspecified atom stereocenters. The molecular formula is C12H17N3O. The maximum atomic E-state index is 11.7. The molecule has 16 heavy (non-hydrogen) atoms. The van der Waals surface area contributed by atoms with Gasteiger partial charge in [0, 0.05) is 30.5 Å². The van der Waals surface area contributed by atoms with Gasteiger partial charge in [-0.05, 0) is 37.3 Å². The number of carbonyl (C=O) groups is 1. The molecule has 0 spiro atoms. The van der Waals surface area contributed by atoms with E-state index < -0.39 is 0 Å². The molecule has 1 aromatic heterocycles. The minimum atomic E-state index is -0.00583. The van der Waals surface area contributed by atoms with Crippen molar-refractivity contribution in [3.05, 3.63) is 24.0 Å². The van der Waals surface area contributed by atoms with Crippen LogP contribution in [0.25, 0.3) is 0 Å². The number of aromatic nitrogens is 1. The van der Waals surface area contributed by atoms with Crippen LogP contribution in [-0.2, 0) is 4.79 Å².